The zero-order valence-electron chi connectivity index (χ0n) is 21.1. The lowest BCUT2D eigenvalue weighted by Crippen LogP contribution is -2.47. The molecule has 1 atom stereocenters. The summed E-state index contributed by atoms with van der Waals surface area (Å²) in [6.07, 6.45) is 2.70. The number of fused-ring (bicyclic) bond motifs is 1. The van der Waals surface area contributed by atoms with E-state index in [1.165, 1.54) is 6.92 Å². The van der Waals surface area contributed by atoms with E-state index in [9.17, 15) is 19.2 Å². The number of nitrogens with one attached hydrogen (secondary N) is 2. The molecule has 2 heterocycles. The molecule has 4 amide bonds. The molecule has 2 aromatic carbocycles. The standard InChI is InChI=1S/C28H32N4O4/c1-18(33)30-20-9-11-21(12-10-20)32-25(34)15-24(27(32)36)31(26(35)16-28(2,3)4)14-13-19-17-29-23-8-6-5-7-22(19)23/h5-12,17,24,29H,13-16H2,1-4H3,(H,30,33). The second-order valence-corrected chi connectivity index (χ2v) is 10.4. The molecule has 4 rings (SSSR count). The molecule has 0 saturated carbocycles. The van der Waals surface area contributed by atoms with Gasteiger partial charge in [-0.1, -0.05) is 39.0 Å². The Hall–Kier alpha value is -3.94. The first-order chi connectivity index (χ1) is 17.0. The number of anilines is 2. The Bertz CT molecular complexity index is 1300. The van der Waals surface area contributed by atoms with E-state index in [-0.39, 0.29) is 36.0 Å². The topological polar surface area (TPSA) is 103 Å². The van der Waals surface area contributed by atoms with Gasteiger partial charge < -0.3 is 15.2 Å². The number of nitrogens with zero attached hydrogens (tertiary/aromatic N) is 2. The van der Waals surface area contributed by atoms with Gasteiger partial charge >= 0.3 is 0 Å². The lowest BCUT2D eigenvalue weighted by atomic mass is 9.91. The predicted octanol–water partition coefficient (Wildman–Crippen LogP) is 4.27. The highest BCUT2D eigenvalue weighted by atomic mass is 16.2. The number of aromatic amines is 1. The number of imide groups is 1. The van der Waals surface area contributed by atoms with Crippen LogP contribution in [-0.2, 0) is 25.6 Å². The van der Waals surface area contributed by atoms with Crippen LogP contribution < -0.4 is 10.2 Å². The van der Waals surface area contributed by atoms with Crippen molar-refractivity contribution in [2.45, 2.75) is 53.0 Å². The van der Waals surface area contributed by atoms with Crippen molar-refractivity contribution in [3.8, 4) is 0 Å². The Morgan fingerprint density at radius 2 is 1.78 bits per heavy atom. The molecular formula is C28H32N4O4. The maximum Gasteiger partial charge on any atom is 0.257 e. The summed E-state index contributed by atoms with van der Waals surface area (Å²) in [7, 11) is 0. The average Bonchev–Trinajstić information content (AvgIpc) is 3.33. The molecule has 0 radical (unpaired) electrons. The largest absolute Gasteiger partial charge is 0.361 e. The predicted molar refractivity (Wildman–Crippen MR) is 139 cm³/mol. The molecule has 36 heavy (non-hydrogen) atoms. The van der Waals surface area contributed by atoms with Crippen molar-refractivity contribution in [2.24, 2.45) is 5.41 Å². The van der Waals surface area contributed by atoms with Crippen molar-refractivity contribution in [1.82, 2.24) is 9.88 Å². The molecular weight excluding hydrogens is 456 g/mol. The number of amides is 4. The molecule has 0 spiro atoms. The fraction of sp³-hybridized carbons (Fsp3) is 0.357. The van der Waals surface area contributed by atoms with Crippen LogP contribution in [0.5, 0.6) is 0 Å². The number of benzene rings is 2. The molecule has 2 N–H and O–H groups in total. The molecule has 188 valence electrons. The maximum atomic E-state index is 13.5. The summed E-state index contributed by atoms with van der Waals surface area (Å²) in [5.74, 6) is -1.11. The van der Waals surface area contributed by atoms with Gasteiger partial charge in [0.2, 0.25) is 17.7 Å². The molecule has 1 unspecified atom stereocenters. The van der Waals surface area contributed by atoms with E-state index in [2.05, 4.69) is 10.3 Å². The summed E-state index contributed by atoms with van der Waals surface area (Å²) in [6.45, 7) is 7.68. The van der Waals surface area contributed by atoms with Gasteiger partial charge in [0.25, 0.3) is 5.91 Å². The molecule has 8 heteroatoms. The zero-order valence-corrected chi connectivity index (χ0v) is 21.1. The molecule has 8 nitrogen and oxygen atoms in total. The number of H-pyrrole nitrogens is 1. The SMILES string of the molecule is CC(=O)Nc1ccc(N2C(=O)CC(N(CCc3c[nH]c4ccccc34)C(=O)CC(C)(C)C)C2=O)cc1. The minimum Gasteiger partial charge on any atom is -0.361 e. The van der Waals surface area contributed by atoms with Crippen LogP contribution in [0, 0.1) is 5.41 Å². The Balaban J connectivity index is 1.57. The van der Waals surface area contributed by atoms with E-state index >= 15 is 0 Å². The first-order valence-corrected chi connectivity index (χ1v) is 12.1. The summed E-state index contributed by atoms with van der Waals surface area (Å²) >= 11 is 0. The number of hydrogen-bond donors (Lipinski definition) is 2. The molecule has 0 bridgehead atoms. The van der Waals surface area contributed by atoms with Crippen LogP contribution in [0.15, 0.2) is 54.7 Å². The van der Waals surface area contributed by atoms with Gasteiger partial charge in [-0.2, -0.15) is 0 Å². The van der Waals surface area contributed by atoms with Crippen molar-refractivity contribution >= 4 is 45.9 Å². The molecule has 1 aliphatic heterocycles. The average molecular weight is 489 g/mol. The van der Waals surface area contributed by atoms with Gasteiger partial charge in [-0.15, -0.1) is 0 Å². The monoisotopic (exact) mass is 488 g/mol. The van der Waals surface area contributed by atoms with Gasteiger partial charge in [-0.3, -0.25) is 19.2 Å². The van der Waals surface area contributed by atoms with Crippen LogP contribution in [-0.4, -0.2) is 46.1 Å². The van der Waals surface area contributed by atoms with Gasteiger partial charge in [-0.25, -0.2) is 4.90 Å². The van der Waals surface area contributed by atoms with Crippen LogP contribution in [0.3, 0.4) is 0 Å². The van der Waals surface area contributed by atoms with E-state index in [1.54, 1.807) is 29.2 Å². The number of carbonyl (C=O) groups is 4. The van der Waals surface area contributed by atoms with Gasteiger partial charge in [0.1, 0.15) is 6.04 Å². The first-order valence-electron chi connectivity index (χ1n) is 12.1. The van der Waals surface area contributed by atoms with Crippen LogP contribution >= 0.6 is 0 Å². The number of para-hydroxylation sites is 1. The molecule has 1 fully saturated rings. The zero-order chi connectivity index (χ0) is 26.0. The Labute approximate surface area is 210 Å². The summed E-state index contributed by atoms with van der Waals surface area (Å²) in [5, 5.41) is 3.75. The molecule has 0 aliphatic carbocycles. The third-order valence-electron chi connectivity index (χ3n) is 6.24. The van der Waals surface area contributed by atoms with Crippen molar-refractivity contribution in [3.63, 3.8) is 0 Å². The van der Waals surface area contributed by atoms with Gasteiger partial charge in [0, 0.05) is 42.7 Å². The minimum atomic E-state index is -0.854. The molecule has 1 aromatic heterocycles. The van der Waals surface area contributed by atoms with Crippen LogP contribution in [0.25, 0.3) is 10.9 Å². The van der Waals surface area contributed by atoms with E-state index in [0.717, 1.165) is 21.4 Å². The number of hydrogen-bond acceptors (Lipinski definition) is 4. The quantitative estimate of drug-likeness (QED) is 0.485. The highest BCUT2D eigenvalue weighted by Gasteiger charge is 2.44. The highest BCUT2D eigenvalue weighted by Crippen LogP contribution is 2.29. The number of rotatable bonds is 7. The lowest BCUT2D eigenvalue weighted by Gasteiger charge is -2.30. The first kappa shape index (κ1) is 25.2. The van der Waals surface area contributed by atoms with Crippen molar-refractivity contribution < 1.29 is 19.2 Å². The molecule has 1 aliphatic rings. The molecule has 3 aromatic rings. The second kappa shape index (κ2) is 9.97. The van der Waals surface area contributed by atoms with Crippen LogP contribution in [0.4, 0.5) is 11.4 Å². The Kier molecular flexibility index (Phi) is 6.97. The van der Waals surface area contributed by atoms with Crippen LogP contribution in [0.2, 0.25) is 0 Å². The second-order valence-electron chi connectivity index (χ2n) is 10.4. The summed E-state index contributed by atoms with van der Waals surface area (Å²) in [4.78, 5) is 57.1. The van der Waals surface area contributed by atoms with E-state index in [1.807, 2.05) is 51.2 Å². The highest BCUT2D eigenvalue weighted by molar-refractivity contribution is 6.23. The van der Waals surface area contributed by atoms with Gasteiger partial charge in [0.15, 0.2) is 0 Å². The van der Waals surface area contributed by atoms with Gasteiger partial charge in [0.05, 0.1) is 12.1 Å². The fourth-order valence-electron chi connectivity index (χ4n) is 4.62. The third-order valence-corrected chi connectivity index (χ3v) is 6.24. The van der Waals surface area contributed by atoms with Gasteiger partial charge in [-0.05, 0) is 47.7 Å². The van der Waals surface area contributed by atoms with Crippen molar-refractivity contribution in [1.29, 1.82) is 0 Å². The smallest absolute Gasteiger partial charge is 0.257 e. The summed E-state index contributed by atoms with van der Waals surface area (Å²) < 4.78 is 0. The van der Waals surface area contributed by atoms with E-state index < -0.39 is 11.9 Å². The maximum absolute atomic E-state index is 13.5. The Morgan fingerprint density at radius 1 is 1.08 bits per heavy atom. The summed E-state index contributed by atoms with van der Waals surface area (Å²) in [6, 6.07) is 13.6. The Morgan fingerprint density at radius 3 is 2.44 bits per heavy atom. The third kappa shape index (κ3) is 5.48. The molecule has 1 saturated heterocycles. The lowest BCUT2D eigenvalue weighted by molar-refractivity contribution is -0.139. The van der Waals surface area contributed by atoms with E-state index in [4.69, 9.17) is 0 Å². The van der Waals surface area contributed by atoms with E-state index in [0.29, 0.717) is 24.3 Å². The minimum absolute atomic E-state index is 0.0595. The van der Waals surface area contributed by atoms with Crippen molar-refractivity contribution in [2.75, 3.05) is 16.8 Å². The number of carbonyl (C=O) groups excluding carboxylic acids is 4. The normalized spacial score (nSPS) is 16.0. The van der Waals surface area contributed by atoms with Crippen molar-refractivity contribution in [3.05, 3.63) is 60.3 Å². The summed E-state index contributed by atoms with van der Waals surface area (Å²) in [5.41, 5.74) is 2.80. The fourth-order valence-corrected chi connectivity index (χ4v) is 4.62. The van der Waals surface area contributed by atoms with Crippen LogP contribution in [0.1, 0.15) is 46.1 Å². The number of aromatic nitrogens is 1.